The second-order valence-corrected chi connectivity index (χ2v) is 14.5. The van der Waals surface area contributed by atoms with Crippen molar-refractivity contribution in [1.29, 1.82) is 0 Å². The predicted molar refractivity (Wildman–Crippen MR) is 192 cm³/mol. The molecule has 254 valence electrons. The molecule has 48 heavy (non-hydrogen) atoms. The Morgan fingerprint density at radius 2 is 1.46 bits per heavy atom. The molecule has 1 atom stereocenters. The van der Waals surface area contributed by atoms with Crippen LogP contribution in [0.25, 0.3) is 0 Å². The molecule has 12 heteroatoms. The van der Waals surface area contributed by atoms with Crippen molar-refractivity contribution in [1.82, 2.24) is 10.2 Å². The lowest BCUT2D eigenvalue weighted by molar-refractivity contribution is -0.140. The molecule has 0 heterocycles. The second kappa shape index (κ2) is 17.1. The van der Waals surface area contributed by atoms with E-state index in [0.717, 1.165) is 9.87 Å². The van der Waals surface area contributed by atoms with Crippen molar-refractivity contribution >= 4 is 62.3 Å². The Labute approximate surface area is 297 Å². The molecule has 4 aromatic rings. The number of hydrogen-bond acceptors (Lipinski definition) is 5. The third kappa shape index (κ3) is 9.44. The lowest BCUT2D eigenvalue weighted by atomic mass is 10.0. The summed E-state index contributed by atoms with van der Waals surface area (Å²) in [7, 11) is -4.36. The molecule has 0 unspecified atom stereocenters. The van der Waals surface area contributed by atoms with Gasteiger partial charge < -0.3 is 15.0 Å². The minimum atomic E-state index is -4.36. The van der Waals surface area contributed by atoms with Crippen LogP contribution in [0.15, 0.2) is 102 Å². The number of para-hydroxylation sites is 2. The van der Waals surface area contributed by atoms with Gasteiger partial charge in [0.15, 0.2) is 0 Å². The molecule has 0 saturated carbocycles. The molecule has 4 rings (SSSR count). The van der Waals surface area contributed by atoms with Gasteiger partial charge in [-0.15, -0.1) is 0 Å². The summed E-state index contributed by atoms with van der Waals surface area (Å²) in [6.45, 7) is 5.51. The van der Waals surface area contributed by atoms with Crippen molar-refractivity contribution in [3.63, 3.8) is 0 Å². The highest BCUT2D eigenvalue weighted by atomic mass is 35.5. The SMILES string of the molecule is CCOc1ccccc1N(CC(=O)N(Cc1c(Cl)cccc1Cl)[C@H](Cc1ccccc1)C(=O)NCC(C)C)S(=O)(=O)c1ccc(Cl)cc1. The number of amides is 2. The van der Waals surface area contributed by atoms with Gasteiger partial charge in [-0.05, 0) is 66.9 Å². The monoisotopic (exact) mass is 729 g/mol. The zero-order valence-electron chi connectivity index (χ0n) is 26.9. The van der Waals surface area contributed by atoms with E-state index in [2.05, 4.69) is 5.32 Å². The van der Waals surface area contributed by atoms with Crippen LogP contribution < -0.4 is 14.4 Å². The van der Waals surface area contributed by atoms with E-state index in [1.54, 1.807) is 49.4 Å². The fourth-order valence-electron chi connectivity index (χ4n) is 5.02. The van der Waals surface area contributed by atoms with Crippen LogP contribution in [0, 0.1) is 5.92 Å². The summed E-state index contributed by atoms with van der Waals surface area (Å²) in [6.07, 6.45) is 0.151. The molecule has 1 N–H and O–H groups in total. The molecule has 0 spiro atoms. The fourth-order valence-corrected chi connectivity index (χ4v) is 7.09. The number of carbonyl (C=O) groups is 2. The lowest BCUT2D eigenvalue weighted by Crippen LogP contribution is -2.53. The Hall–Kier alpha value is -3.76. The van der Waals surface area contributed by atoms with Crippen LogP contribution in [0.1, 0.15) is 31.9 Å². The molecule has 0 bridgehead atoms. The van der Waals surface area contributed by atoms with Crippen LogP contribution in [0.5, 0.6) is 5.75 Å². The Kier molecular flexibility index (Phi) is 13.2. The van der Waals surface area contributed by atoms with Gasteiger partial charge in [0, 0.05) is 40.1 Å². The molecular formula is C36H38Cl3N3O5S. The quantitative estimate of drug-likeness (QED) is 0.136. The van der Waals surface area contributed by atoms with Crippen molar-refractivity contribution in [3.05, 3.63) is 123 Å². The Bertz CT molecular complexity index is 1790. The van der Waals surface area contributed by atoms with Gasteiger partial charge in [0.1, 0.15) is 18.3 Å². The number of benzene rings is 4. The van der Waals surface area contributed by atoms with Crippen LogP contribution in [0.2, 0.25) is 15.1 Å². The maximum Gasteiger partial charge on any atom is 0.264 e. The first-order valence-electron chi connectivity index (χ1n) is 15.5. The van der Waals surface area contributed by atoms with Gasteiger partial charge >= 0.3 is 0 Å². The van der Waals surface area contributed by atoms with Gasteiger partial charge in [-0.3, -0.25) is 13.9 Å². The number of anilines is 1. The number of ether oxygens (including phenoxy) is 1. The molecule has 0 aliphatic heterocycles. The summed E-state index contributed by atoms with van der Waals surface area (Å²) in [4.78, 5) is 30.0. The van der Waals surface area contributed by atoms with Crippen LogP contribution in [0.3, 0.4) is 0 Å². The summed E-state index contributed by atoms with van der Waals surface area (Å²) in [5.74, 6) is -0.647. The summed E-state index contributed by atoms with van der Waals surface area (Å²) in [5, 5.41) is 3.91. The second-order valence-electron chi connectivity index (χ2n) is 11.4. The summed E-state index contributed by atoms with van der Waals surface area (Å²) >= 11 is 19.3. The van der Waals surface area contributed by atoms with E-state index in [1.165, 1.54) is 29.2 Å². The normalized spacial score (nSPS) is 12.0. The molecule has 0 aromatic heterocycles. The number of halogens is 3. The zero-order valence-corrected chi connectivity index (χ0v) is 30.0. The van der Waals surface area contributed by atoms with E-state index >= 15 is 0 Å². The van der Waals surface area contributed by atoms with Crippen molar-refractivity contribution in [2.75, 3.05) is 24.0 Å². The maximum atomic E-state index is 14.7. The zero-order chi connectivity index (χ0) is 34.8. The first kappa shape index (κ1) is 37.1. The lowest BCUT2D eigenvalue weighted by Gasteiger charge is -2.34. The Morgan fingerprint density at radius 3 is 2.08 bits per heavy atom. The molecule has 0 fully saturated rings. The summed E-state index contributed by atoms with van der Waals surface area (Å²) < 4.78 is 35.5. The first-order valence-corrected chi connectivity index (χ1v) is 18.0. The van der Waals surface area contributed by atoms with Crippen molar-refractivity contribution in [3.8, 4) is 5.75 Å². The van der Waals surface area contributed by atoms with Crippen molar-refractivity contribution in [2.24, 2.45) is 5.92 Å². The number of sulfonamides is 1. The molecule has 0 aliphatic carbocycles. The molecule has 4 aromatic carbocycles. The van der Waals surface area contributed by atoms with Crippen LogP contribution >= 0.6 is 34.8 Å². The smallest absolute Gasteiger partial charge is 0.264 e. The van der Waals surface area contributed by atoms with E-state index in [4.69, 9.17) is 39.5 Å². The topological polar surface area (TPSA) is 96.0 Å². The van der Waals surface area contributed by atoms with Crippen molar-refractivity contribution in [2.45, 2.75) is 44.7 Å². The van der Waals surface area contributed by atoms with E-state index in [1.807, 2.05) is 44.2 Å². The molecule has 0 saturated heterocycles. The van der Waals surface area contributed by atoms with Gasteiger partial charge in [-0.25, -0.2) is 8.42 Å². The highest BCUT2D eigenvalue weighted by Crippen LogP contribution is 2.34. The largest absolute Gasteiger partial charge is 0.492 e. The first-order chi connectivity index (χ1) is 22.9. The average molecular weight is 731 g/mol. The highest BCUT2D eigenvalue weighted by molar-refractivity contribution is 7.92. The van der Waals surface area contributed by atoms with Crippen molar-refractivity contribution < 1.29 is 22.7 Å². The minimum absolute atomic E-state index is 0.0813. The van der Waals surface area contributed by atoms with Gasteiger partial charge in [-0.2, -0.15) is 0 Å². The number of carbonyl (C=O) groups excluding carboxylic acids is 2. The number of rotatable bonds is 15. The van der Waals surface area contributed by atoms with E-state index in [9.17, 15) is 18.0 Å². The molecule has 0 aliphatic rings. The van der Waals surface area contributed by atoms with E-state index in [-0.39, 0.29) is 41.8 Å². The molecule has 2 amide bonds. The Balaban J connectivity index is 1.87. The van der Waals surface area contributed by atoms with Gasteiger partial charge in [0.05, 0.1) is 17.2 Å². The number of hydrogen-bond donors (Lipinski definition) is 1. The van der Waals surface area contributed by atoms with Gasteiger partial charge in [-0.1, -0.05) is 97.2 Å². The van der Waals surface area contributed by atoms with Crippen LogP contribution in [-0.2, 0) is 32.6 Å². The van der Waals surface area contributed by atoms with Crippen LogP contribution in [-0.4, -0.2) is 50.9 Å². The minimum Gasteiger partial charge on any atom is -0.492 e. The summed E-state index contributed by atoms with van der Waals surface area (Å²) in [5.41, 5.74) is 1.38. The maximum absolute atomic E-state index is 14.7. The summed E-state index contributed by atoms with van der Waals surface area (Å²) in [6, 6.07) is 25.4. The molecule has 8 nitrogen and oxygen atoms in total. The molecule has 0 radical (unpaired) electrons. The third-order valence-electron chi connectivity index (χ3n) is 7.46. The molecular weight excluding hydrogens is 693 g/mol. The highest BCUT2D eigenvalue weighted by Gasteiger charge is 2.36. The number of nitrogens with zero attached hydrogens (tertiary/aromatic N) is 2. The van der Waals surface area contributed by atoms with Gasteiger partial charge in [0.25, 0.3) is 10.0 Å². The number of nitrogens with one attached hydrogen (secondary N) is 1. The van der Waals surface area contributed by atoms with Crippen LogP contribution in [0.4, 0.5) is 5.69 Å². The van der Waals surface area contributed by atoms with E-state index in [0.29, 0.717) is 27.2 Å². The van der Waals surface area contributed by atoms with E-state index < -0.39 is 34.4 Å². The standard InChI is InChI=1S/C36H38Cl3N3O5S/c1-4-47-34-16-9-8-15-32(34)42(48(45,46)28-19-17-27(37)18-20-28)24-35(43)41(23-29-30(38)13-10-14-31(29)39)33(36(44)40-22-25(2)3)21-26-11-6-5-7-12-26/h5-20,25,33H,4,21-24H2,1-3H3,(H,40,44)/t33-/m1/s1. The fraction of sp³-hybridized carbons (Fsp3) is 0.278. The van der Waals surface area contributed by atoms with Gasteiger partial charge in [0.2, 0.25) is 11.8 Å². The average Bonchev–Trinajstić information content (AvgIpc) is 3.06. The Morgan fingerprint density at radius 1 is 0.833 bits per heavy atom. The third-order valence-corrected chi connectivity index (χ3v) is 10.2. The predicted octanol–water partition coefficient (Wildman–Crippen LogP) is 7.65.